The molecule has 2 aromatic carbocycles. The van der Waals surface area contributed by atoms with Crippen LogP contribution in [0.5, 0.6) is 5.75 Å². The Morgan fingerprint density at radius 3 is 2.56 bits per heavy atom. The number of hydrogen-bond donors (Lipinski definition) is 3. The van der Waals surface area contributed by atoms with E-state index >= 15 is 0 Å². The van der Waals surface area contributed by atoms with Crippen LogP contribution in [-0.4, -0.2) is 18.1 Å². The minimum absolute atomic E-state index is 0.221. The van der Waals surface area contributed by atoms with Crippen LogP contribution in [0, 0.1) is 6.92 Å². The molecule has 3 N–H and O–H groups in total. The summed E-state index contributed by atoms with van der Waals surface area (Å²) in [6.45, 7) is 3.75. The van der Waals surface area contributed by atoms with Crippen molar-refractivity contribution in [3.63, 3.8) is 0 Å². The van der Waals surface area contributed by atoms with Crippen LogP contribution in [0.15, 0.2) is 53.7 Å². The molecule has 5 nitrogen and oxygen atoms in total. The summed E-state index contributed by atoms with van der Waals surface area (Å²) in [5.41, 5.74) is 3.78. The van der Waals surface area contributed by atoms with Crippen molar-refractivity contribution < 1.29 is 9.53 Å². The van der Waals surface area contributed by atoms with Crippen molar-refractivity contribution in [3.8, 4) is 5.75 Å². The number of allylic oxidation sites excluding steroid dienone is 1. The third kappa shape index (κ3) is 4.23. The average molecular weight is 402 g/mol. The molecule has 1 unspecified atom stereocenters. The number of hydrogen-bond acceptors (Lipinski definition) is 3. The molecule has 1 amide bonds. The van der Waals surface area contributed by atoms with E-state index in [9.17, 15) is 4.79 Å². The number of nitrogens with one attached hydrogen (secondary N) is 3. The number of carbonyl (C=O) groups excluding carboxylic acids is 1. The summed E-state index contributed by atoms with van der Waals surface area (Å²) in [6, 6.07) is 12.6. The topological polar surface area (TPSA) is 62.4 Å². The first-order valence-corrected chi connectivity index (χ1v) is 9.17. The third-order valence-electron chi connectivity index (χ3n) is 4.41. The molecule has 1 heterocycles. The van der Waals surface area contributed by atoms with Crippen molar-refractivity contribution in [1.29, 1.82) is 0 Å². The summed E-state index contributed by atoms with van der Waals surface area (Å²) in [6.07, 6.45) is 0. The van der Waals surface area contributed by atoms with Gasteiger partial charge in [0, 0.05) is 16.4 Å². The lowest BCUT2D eigenvalue weighted by Gasteiger charge is -2.30. The second-order valence-electron chi connectivity index (χ2n) is 6.26. The van der Waals surface area contributed by atoms with E-state index in [-0.39, 0.29) is 11.9 Å². The molecule has 0 saturated carbocycles. The Labute approximate surface area is 168 Å². The van der Waals surface area contributed by atoms with Gasteiger partial charge in [0.25, 0.3) is 5.91 Å². The van der Waals surface area contributed by atoms with Gasteiger partial charge in [-0.15, -0.1) is 0 Å². The van der Waals surface area contributed by atoms with Crippen molar-refractivity contribution in [1.82, 2.24) is 10.6 Å². The summed E-state index contributed by atoms with van der Waals surface area (Å²) in [4.78, 5) is 13.1. The highest BCUT2D eigenvalue weighted by Crippen LogP contribution is 2.30. The first-order valence-electron chi connectivity index (χ1n) is 8.39. The fourth-order valence-corrected chi connectivity index (χ4v) is 3.40. The lowest BCUT2D eigenvalue weighted by Crippen LogP contribution is -2.45. The minimum atomic E-state index is -0.371. The molecule has 0 bridgehead atoms. The number of ether oxygens (including phenoxy) is 1. The van der Waals surface area contributed by atoms with E-state index in [1.165, 1.54) is 0 Å². The molecule has 0 saturated heterocycles. The molecule has 1 atom stereocenters. The maximum absolute atomic E-state index is 13.1. The predicted molar refractivity (Wildman–Crippen MR) is 112 cm³/mol. The molecule has 3 rings (SSSR count). The van der Waals surface area contributed by atoms with Crippen molar-refractivity contribution in [3.05, 3.63) is 69.9 Å². The van der Waals surface area contributed by atoms with Crippen molar-refractivity contribution in [2.45, 2.75) is 19.9 Å². The monoisotopic (exact) mass is 401 g/mol. The van der Waals surface area contributed by atoms with Gasteiger partial charge in [0.15, 0.2) is 5.11 Å². The molecule has 0 aromatic heterocycles. The Balaban J connectivity index is 1.95. The number of rotatable bonds is 4. The SMILES string of the molecule is COc1ccc(C2NC(=S)NC(C)=C2C(=O)Nc2cc(Cl)ccc2C)cc1. The first kappa shape index (κ1) is 19.2. The molecule has 27 heavy (non-hydrogen) atoms. The van der Waals surface area contributed by atoms with Gasteiger partial charge in [-0.05, 0) is 61.5 Å². The fourth-order valence-electron chi connectivity index (χ4n) is 2.96. The molecule has 0 fully saturated rings. The summed E-state index contributed by atoms with van der Waals surface area (Å²) in [7, 11) is 1.61. The summed E-state index contributed by atoms with van der Waals surface area (Å²) >= 11 is 11.4. The quantitative estimate of drug-likeness (QED) is 0.673. The van der Waals surface area contributed by atoms with E-state index in [2.05, 4.69) is 16.0 Å². The van der Waals surface area contributed by atoms with E-state index in [1.807, 2.05) is 44.2 Å². The zero-order chi connectivity index (χ0) is 19.6. The van der Waals surface area contributed by atoms with Crippen LogP contribution in [0.25, 0.3) is 0 Å². The van der Waals surface area contributed by atoms with Gasteiger partial charge in [0.1, 0.15) is 5.75 Å². The zero-order valence-corrected chi connectivity index (χ0v) is 16.8. The highest BCUT2D eigenvalue weighted by Gasteiger charge is 2.30. The second-order valence-corrected chi connectivity index (χ2v) is 7.10. The van der Waals surface area contributed by atoms with Gasteiger partial charge in [-0.25, -0.2) is 0 Å². The maximum Gasteiger partial charge on any atom is 0.255 e. The van der Waals surface area contributed by atoms with Gasteiger partial charge in [-0.1, -0.05) is 29.8 Å². The van der Waals surface area contributed by atoms with Crippen LogP contribution in [-0.2, 0) is 4.79 Å². The van der Waals surface area contributed by atoms with Crippen LogP contribution in [0.3, 0.4) is 0 Å². The normalized spacial score (nSPS) is 16.4. The van der Waals surface area contributed by atoms with Gasteiger partial charge in [-0.3, -0.25) is 4.79 Å². The number of methoxy groups -OCH3 is 1. The third-order valence-corrected chi connectivity index (χ3v) is 4.87. The Kier molecular flexibility index (Phi) is 5.68. The molecule has 0 aliphatic carbocycles. The molecule has 2 aromatic rings. The molecule has 1 aliphatic rings. The number of thiocarbonyl (C=S) groups is 1. The number of amides is 1. The largest absolute Gasteiger partial charge is 0.497 e. The van der Waals surface area contributed by atoms with E-state index < -0.39 is 0 Å². The van der Waals surface area contributed by atoms with Gasteiger partial charge in [-0.2, -0.15) is 0 Å². The molecule has 1 aliphatic heterocycles. The lowest BCUT2D eigenvalue weighted by atomic mass is 9.94. The molecule has 0 radical (unpaired) electrons. The predicted octanol–water partition coefficient (Wildman–Crippen LogP) is 4.09. The van der Waals surface area contributed by atoms with Crippen LogP contribution >= 0.6 is 23.8 Å². The smallest absolute Gasteiger partial charge is 0.255 e. The van der Waals surface area contributed by atoms with Gasteiger partial charge < -0.3 is 20.7 Å². The average Bonchev–Trinajstić information content (AvgIpc) is 2.64. The number of carbonyl (C=O) groups is 1. The van der Waals surface area contributed by atoms with E-state index in [4.69, 9.17) is 28.6 Å². The molecule has 0 spiro atoms. The Morgan fingerprint density at radius 2 is 1.89 bits per heavy atom. The Morgan fingerprint density at radius 1 is 1.19 bits per heavy atom. The highest BCUT2D eigenvalue weighted by molar-refractivity contribution is 7.80. The first-order chi connectivity index (χ1) is 12.9. The van der Waals surface area contributed by atoms with E-state index in [1.54, 1.807) is 19.2 Å². The van der Waals surface area contributed by atoms with Crippen molar-refractivity contribution in [2.24, 2.45) is 0 Å². The summed E-state index contributed by atoms with van der Waals surface area (Å²) < 4.78 is 5.21. The molecule has 140 valence electrons. The lowest BCUT2D eigenvalue weighted by molar-refractivity contribution is -0.113. The molecule has 7 heteroatoms. The minimum Gasteiger partial charge on any atom is -0.497 e. The van der Waals surface area contributed by atoms with Crippen LogP contribution in [0.1, 0.15) is 24.1 Å². The van der Waals surface area contributed by atoms with E-state index in [0.717, 1.165) is 16.9 Å². The number of anilines is 1. The number of halogens is 1. The number of benzene rings is 2. The van der Waals surface area contributed by atoms with Gasteiger partial charge in [0.2, 0.25) is 0 Å². The van der Waals surface area contributed by atoms with E-state index in [0.29, 0.717) is 27.1 Å². The van der Waals surface area contributed by atoms with Crippen LogP contribution in [0.4, 0.5) is 5.69 Å². The standard InChI is InChI=1S/C20H20ClN3O2S/c1-11-4-7-14(21)10-16(11)23-19(25)17-12(2)22-20(27)24-18(17)13-5-8-15(26-3)9-6-13/h4-10,18H,1-3H3,(H,23,25)(H2,22,24,27). The number of aryl methyl sites for hydroxylation is 1. The summed E-state index contributed by atoms with van der Waals surface area (Å²) in [5.74, 6) is 0.526. The fraction of sp³-hybridized carbons (Fsp3) is 0.200. The van der Waals surface area contributed by atoms with Crippen molar-refractivity contribution in [2.75, 3.05) is 12.4 Å². The summed E-state index contributed by atoms with van der Waals surface area (Å²) in [5, 5.41) is 10.2. The van der Waals surface area contributed by atoms with Gasteiger partial charge >= 0.3 is 0 Å². The highest BCUT2D eigenvalue weighted by atomic mass is 35.5. The maximum atomic E-state index is 13.1. The van der Waals surface area contributed by atoms with Gasteiger partial charge in [0.05, 0.1) is 18.7 Å². The molecular formula is C20H20ClN3O2S. The zero-order valence-electron chi connectivity index (χ0n) is 15.2. The van der Waals surface area contributed by atoms with Crippen molar-refractivity contribution >= 4 is 40.5 Å². The Bertz CT molecular complexity index is 925. The van der Waals surface area contributed by atoms with Crippen LogP contribution in [0.2, 0.25) is 5.02 Å². The molecular weight excluding hydrogens is 382 g/mol. The Hall–Kier alpha value is -2.57. The van der Waals surface area contributed by atoms with Crippen LogP contribution < -0.4 is 20.7 Å². The second kappa shape index (κ2) is 7.98.